The zero-order valence-corrected chi connectivity index (χ0v) is 42.3. The summed E-state index contributed by atoms with van der Waals surface area (Å²) in [5.74, 6) is 0.216. The predicted molar refractivity (Wildman–Crippen MR) is 267 cm³/mol. The number of ketones is 1. The third kappa shape index (κ3) is 13.2. The first kappa shape index (κ1) is 54.6. The fourth-order valence-corrected chi connectivity index (χ4v) is 12.8. The number of non-ortho nitro benzene ring substituents is 1. The number of hydrogen-bond donors (Lipinski definition) is 4. The van der Waals surface area contributed by atoms with Crippen LogP contribution in [0.25, 0.3) is 0 Å². The minimum atomic E-state index is -2.54. The van der Waals surface area contributed by atoms with E-state index in [0.29, 0.717) is 30.6 Å². The maximum absolute atomic E-state index is 14.0. The number of ether oxygens (including phenoxy) is 3. The van der Waals surface area contributed by atoms with Crippen LogP contribution in [0.15, 0.2) is 60.2 Å². The second-order valence-corrected chi connectivity index (χ2v) is 21.7. The van der Waals surface area contributed by atoms with Gasteiger partial charge in [-0.2, -0.15) is 0 Å². The number of nitrogens with one attached hydrogen (secondary N) is 1. The van der Waals surface area contributed by atoms with Gasteiger partial charge in [0.05, 0.1) is 17.4 Å². The standard InChI is InChI=1S/C54H76N6O11/c1-34(2)8-6-9-35(3)43-20-21-44-42-19-12-37-30-41(24-26-52(37,4)45(42)25-27-53(43,44)5)69-29-7-28-58-49(64)23-22-46(61)54(57,31-47(55)62)50(65)59(32-48(56)63)38-13-10-36(11-14-38)33-70-51(66)71-40-17-15-39(16-18-40)60(67)68/h10-18,34-35,41-45H,6-9,19-33,57H2,1-5H3,(H2,55,62)(H2,56,63)(H,58,64)/t35-,41+,42?,43-,44?,45?,52+,53-,54-/m1/s1. The third-order valence-electron chi connectivity index (χ3n) is 16.6. The molecule has 2 aromatic rings. The Bertz CT molecular complexity index is 2290. The number of nitro groups is 1. The monoisotopic (exact) mass is 985 g/mol. The molecule has 388 valence electrons. The summed E-state index contributed by atoms with van der Waals surface area (Å²) >= 11 is 0. The van der Waals surface area contributed by atoms with E-state index >= 15 is 0 Å². The minimum Gasteiger partial charge on any atom is -0.429 e. The maximum atomic E-state index is 14.0. The molecular weight excluding hydrogens is 909 g/mol. The molecule has 71 heavy (non-hydrogen) atoms. The molecule has 0 aromatic heterocycles. The van der Waals surface area contributed by atoms with Crippen molar-refractivity contribution in [3.8, 4) is 5.75 Å². The fraction of sp³-hybridized carbons (Fsp3) is 0.630. The number of hydrogen-bond acceptors (Lipinski definition) is 12. The normalized spacial score (nSPS) is 25.8. The number of amides is 4. The summed E-state index contributed by atoms with van der Waals surface area (Å²) in [6.07, 6.45) is 14.2. The number of anilines is 1. The fourth-order valence-electron chi connectivity index (χ4n) is 12.8. The summed E-state index contributed by atoms with van der Waals surface area (Å²) in [4.78, 5) is 88.3. The molecule has 6 rings (SSSR count). The van der Waals surface area contributed by atoms with Gasteiger partial charge in [-0.1, -0.05) is 77.7 Å². The number of nitrogens with two attached hydrogens (primary N) is 3. The van der Waals surface area contributed by atoms with E-state index in [2.05, 4.69) is 46.0 Å². The smallest absolute Gasteiger partial charge is 0.429 e. The van der Waals surface area contributed by atoms with Crippen molar-refractivity contribution in [2.24, 2.45) is 63.5 Å². The van der Waals surface area contributed by atoms with Crippen LogP contribution in [0.2, 0.25) is 0 Å². The van der Waals surface area contributed by atoms with Gasteiger partial charge in [-0.15, -0.1) is 0 Å². The average Bonchev–Trinajstić information content (AvgIpc) is 3.68. The van der Waals surface area contributed by atoms with E-state index in [1.807, 2.05) is 0 Å². The molecule has 9 atom stereocenters. The van der Waals surface area contributed by atoms with Crippen LogP contribution < -0.4 is 32.2 Å². The number of Topliss-reactive ketones (excluding diaryl/α,β-unsaturated/α-hetero) is 1. The van der Waals surface area contributed by atoms with Crippen LogP contribution >= 0.6 is 0 Å². The second-order valence-electron chi connectivity index (χ2n) is 21.7. The molecule has 7 N–H and O–H groups in total. The Labute approximate surface area is 417 Å². The Hall–Kier alpha value is -5.68. The second kappa shape index (κ2) is 23.7. The third-order valence-corrected chi connectivity index (χ3v) is 16.6. The predicted octanol–water partition coefficient (Wildman–Crippen LogP) is 7.98. The van der Waals surface area contributed by atoms with Gasteiger partial charge >= 0.3 is 6.16 Å². The largest absolute Gasteiger partial charge is 0.514 e. The Morgan fingerprint density at radius 1 is 0.887 bits per heavy atom. The highest BCUT2D eigenvalue weighted by molar-refractivity contribution is 6.19. The van der Waals surface area contributed by atoms with E-state index in [-0.39, 0.29) is 41.7 Å². The molecule has 0 bridgehead atoms. The van der Waals surface area contributed by atoms with E-state index < -0.39 is 65.4 Å². The number of primary amides is 2. The van der Waals surface area contributed by atoms with Crippen molar-refractivity contribution in [1.29, 1.82) is 0 Å². The van der Waals surface area contributed by atoms with Gasteiger partial charge in [0.25, 0.3) is 11.6 Å². The van der Waals surface area contributed by atoms with Crippen LogP contribution in [0, 0.1) is 56.5 Å². The number of benzene rings is 2. The first-order valence-electron chi connectivity index (χ1n) is 25.6. The number of rotatable bonds is 24. The van der Waals surface area contributed by atoms with Crippen molar-refractivity contribution >= 4 is 46.9 Å². The highest BCUT2D eigenvalue weighted by Crippen LogP contribution is 2.67. The van der Waals surface area contributed by atoms with Crippen LogP contribution in [0.3, 0.4) is 0 Å². The van der Waals surface area contributed by atoms with Crippen LogP contribution in [0.4, 0.5) is 16.2 Å². The Morgan fingerprint density at radius 3 is 2.27 bits per heavy atom. The maximum Gasteiger partial charge on any atom is 0.514 e. The highest BCUT2D eigenvalue weighted by atomic mass is 16.7. The molecule has 4 aliphatic carbocycles. The van der Waals surface area contributed by atoms with Gasteiger partial charge in [-0.25, -0.2) is 4.79 Å². The van der Waals surface area contributed by atoms with Crippen molar-refractivity contribution in [3.05, 3.63) is 75.9 Å². The molecule has 17 nitrogen and oxygen atoms in total. The van der Waals surface area contributed by atoms with Crippen molar-refractivity contribution in [1.82, 2.24) is 5.32 Å². The Kier molecular flexibility index (Phi) is 18.2. The van der Waals surface area contributed by atoms with E-state index in [4.69, 9.17) is 31.4 Å². The molecule has 17 heteroatoms. The summed E-state index contributed by atoms with van der Waals surface area (Å²) in [7, 11) is 0. The van der Waals surface area contributed by atoms with Gasteiger partial charge in [0, 0.05) is 43.8 Å². The SMILES string of the molecule is CC(C)CCC[C@@H](C)[C@H]1CCC2C3CC=C4C[C@@H](OCCCNC(=O)CCC(=O)[C@](N)(CC(N)=O)C(=O)N(CC(N)=O)c5ccc(COC(=O)Oc6ccc([N+](=O)[O-])cc6)cc5)CC[C@]4(C)C3CC[C@@]21C. The summed E-state index contributed by atoms with van der Waals surface area (Å²) in [6, 6.07) is 10.5. The number of carbonyl (C=O) groups is 6. The summed E-state index contributed by atoms with van der Waals surface area (Å²) < 4.78 is 16.5. The zero-order chi connectivity index (χ0) is 51.7. The van der Waals surface area contributed by atoms with Gasteiger partial charge in [0.1, 0.15) is 18.9 Å². The van der Waals surface area contributed by atoms with Gasteiger partial charge in [-0.05, 0) is 134 Å². The van der Waals surface area contributed by atoms with Crippen molar-refractivity contribution in [3.63, 3.8) is 0 Å². The lowest BCUT2D eigenvalue weighted by Gasteiger charge is -2.58. The molecule has 3 fully saturated rings. The number of carbonyl (C=O) groups excluding carboxylic acids is 6. The lowest BCUT2D eigenvalue weighted by molar-refractivity contribution is -0.384. The number of fused-ring (bicyclic) bond motifs is 5. The lowest BCUT2D eigenvalue weighted by Crippen LogP contribution is -2.63. The molecule has 4 amide bonds. The summed E-state index contributed by atoms with van der Waals surface area (Å²) in [5, 5.41) is 13.7. The van der Waals surface area contributed by atoms with Crippen LogP contribution in [-0.2, 0) is 40.1 Å². The van der Waals surface area contributed by atoms with Crippen molar-refractivity contribution < 1.29 is 47.9 Å². The number of nitrogens with zero attached hydrogens (tertiary/aromatic N) is 2. The highest BCUT2D eigenvalue weighted by Gasteiger charge is 2.59. The Balaban J connectivity index is 0.945. The van der Waals surface area contributed by atoms with Crippen molar-refractivity contribution in [2.45, 2.75) is 149 Å². The quantitative estimate of drug-likeness (QED) is 0.0148. The van der Waals surface area contributed by atoms with E-state index in [9.17, 15) is 38.9 Å². The van der Waals surface area contributed by atoms with Gasteiger partial charge in [-0.3, -0.25) is 34.1 Å². The summed E-state index contributed by atoms with van der Waals surface area (Å²) in [5.41, 5.74) is 17.3. The van der Waals surface area contributed by atoms with Gasteiger partial charge < -0.3 is 41.6 Å². The molecule has 4 aliphatic rings. The molecule has 2 aromatic carbocycles. The van der Waals surface area contributed by atoms with Gasteiger partial charge in [0.2, 0.25) is 17.7 Å². The van der Waals surface area contributed by atoms with Crippen molar-refractivity contribution in [2.75, 3.05) is 24.6 Å². The van der Waals surface area contributed by atoms with Crippen LogP contribution in [0.1, 0.15) is 136 Å². The molecule has 0 aliphatic heterocycles. The first-order chi connectivity index (χ1) is 33.6. The van der Waals surface area contributed by atoms with E-state index in [1.165, 1.54) is 87.8 Å². The number of nitro benzene ring substituents is 1. The van der Waals surface area contributed by atoms with Crippen LogP contribution in [-0.4, -0.2) is 71.8 Å². The molecule has 3 unspecified atom stereocenters. The molecule has 0 saturated heterocycles. The minimum absolute atomic E-state index is 0.0190. The van der Waals surface area contributed by atoms with E-state index in [1.54, 1.807) is 5.57 Å². The molecule has 3 saturated carbocycles. The zero-order valence-electron chi connectivity index (χ0n) is 42.3. The molecule has 0 spiro atoms. The number of allylic oxidation sites excluding steroid dienone is 1. The molecular formula is C54H76N6O11. The topological polar surface area (TPSA) is 267 Å². The summed E-state index contributed by atoms with van der Waals surface area (Å²) in [6.45, 7) is 12.1. The molecule has 0 radical (unpaired) electrons. The molecule has 0 heterocycles. The van der Waals surface area contributed by atoms with E-state index in [0.717, 1.165) is 71.8 Å². The Morgan fingerprint density at radius 2 is 1.61 bits per heavy atom. The van der Waals surface area contributed by atoms with Crippen LogP contribution in [0.5, 0.6) is 5.75 Å². The lowest BCUT2D eigenvalue weighted by atomic mass is 9.47. The average molecular weight is 985 g/mol. The van der Waals surface area contributed by atoms with Gasteiger partial charge in [0.15, 0.2) is 11.3 Å². The first-order valence-corrected chi connectivity index (χ1v) is 25.6.